The number of amides is 2. The molecule has 0 unspecified atom stereocenters. The molecule has 2 aromatic rings. The number of H-pyrrole nitrogens is 1. The van der Waals surface area contributed by atoms with Gasteiger partial charge in [-0.05, 0) is 32.1 Å². The minimum atomic E-state index is -0.473. The van der Waals surface area contributed by atoms with E-state index in [2.05, 4.69) is 5.10 Å². The standard InChI is InChI=1S/C23H31N5O4/c1-23(2,3)22(31)26-10-8-14-16(13-26)24-19-12-15(25-28(19)20(14)29)17-6-4-9-27(17)21(30)18-7-5-11-32-18/h12,17-18,25H,4-11,13H2,1-3H3/t17-,18+/m0/s1. The van der Waals surface area contributed by atoms with Crippen LogP contribution in [0.15, 0.2) is 10.9 Å². The Morgan fingerprint density at radius 2 is 2.00 bits per heavy atom. The van der Waals surface area contributed by atoms with Gasteiger partial charge in [0.2, 0.25) is 5.91 Å². The number of carbonyl (C=O) groups excluding carboxylic acids is 2. The van der Waals surface area contributed by atoms with Gasteiger partial charge in [0.1, 0.15) is 6.10 Å². The molecule has 3 aliphatic rings. The predicted molar refractivity (Wildman–Crippen MR) is 117 cm³/mol. The number of ether oxygens (including phenoxy) is 1. The van der Waals surface area contributed by atoms with Crippen LogP contribution in [0.25, 0.3) is 5.65 Å². The van der Waals surface area contributed by atoms with Gasteiger partial charge in [-0.15, -0.1) is 0 Å². The second-order valence-electron chi connectivity index (χ2n) is 10.2. The van der Waals surface area contributed by atoms with E-state index in [1.54, 1.807) is 4.90 Å². The summed E-state index contributed by atoms with van der Waals surface area (Å²) in [7, 11) is 0. The summed E-state index contributed by atoms with van der Waals surface area (Å²) in [5, 5.41) is 3.22. The summed E-state index contributed by atoms with van der Waals surface area (Å²) in [6, 6.07) is 1.77. The van der Waals surface area contributed by atoms with Crippen molar-refractivity contribution in [3.8, 4) is 0 Å². The van der Waals surface area contributed by atoms with Crippen LogP contribution in [0.3, 0.4) is 0 Å². The van der Waals surface area contributed by atoms with Crippen LogP contribution in [-0.4, -0.2) is 62.0 Å². The highest BCUT2D eigenvalue weighted by Crippen LogP contribution is 2.33. The Morgan fingerprint density at radius 1 is 1.19 bits per heavy atom. The Bertz CT molecular complexity index is 1120. The summed E-state index contributed by atoms with van der Waals surface area (Å²) >= 11 is 0. The van der Waals surface area contributed by atoms with E-state index in [1.807, 2.05) is 31.7 Å². The molecule has 2 fully saturated rings. The Morgan fingerprint density at radius 3 is 2.72 bits per heavy atom. The van der Waals surface area contributed by atoms with E-state index < -0.39 is 5.41 Å². The lowest BCUT2D eigenvalue weighted by Gasteiger charge is -2.32. The van der Waals surface area contributed by atoms with Crippen LogP contribution in [0.1, 0.15) is 69.4 Å². The third-order valence-electron chi connectivity index (χ3n) is 6.81. The van der Waals surface area contributed by atoms with Crippen molar-refractivity contribution in [1.29, 1.82) is 0 Å². The summed E-state index contributed by atoms with van der Waals surface area (Å²) in [5.74, 6) is 0.105. The van der Waals surface area contributed by atoms with Crippen LogP contribution in [0.2, 0.25) is 0 Å². The molecule has 0 saturated carbocycles. The van der Waals surface area contributed by atoms with Crippen molar-refractivity contribution in [3.63, 3.8) is 0 Å². The zero-order valence-electron chi connectivity index (χ0n) is 19.0. The number of nitrogens with zero attached hydrogens (tertiary/aromatic N) is 4. The number of aromatic amines is 1. The van der Waals surface area contributed by atoms with Gasteiger partial charge in [-0.2, -0.15) is 0 Å². The van der Waals surface area contributed by atoms with Crippen LogP contribution < -0.4 is 5.56 Å². The second kappa shape index (κ2) is 7.72. The largest absolute Gasteiger partial charge is 0.368 e. The Balaban J connectivity index is 1.45. The fourth-order valence-electron chi connectivity index (χ4n) is 5.14. The number of fused-ring (bicyclic) bond motifs is 2. The van der Waals surface area contributed by atoms with Crippen molar-refractivity contribution >= 4 is 17.5 Å². The van der Waals surface area contributed by atoms with Crippen LogP contribution in [-0.2, 0) is 27.3 Å². The average Bonchev–Trinajstić information content (AvgIpc) is 3.51. The summed E-state index contributed by atoms with van der Waals surface area (Å²) in [6.07, 6.45) is 3.59. The molecule has 1 N–H and O–H groups in total. The van der Waals surface area contributed by atoms with Crippen molar-refractivity contribution in [2.75, 3.05) is 19.7 Å². The van der Waals surface area contributed by atoms with Gasteiger partial charge in [0, 0.05) is 36.7 Å². The molecular formula is C23H31N5O4. The number of rotatable bonds is 2. The van der Waals surface area contributed by atoms with Gasteiger partial charge in [0.15, 0.2) is 5.65 Å². The quantitative estimate of drug-likeness (QED) is 0.766. The molecule has 2 atom stereocenters. The highest BCUT2D eigenvalue weighted by Gasteiger charge is 2.37. The minimum Gasteiger partial charge on any atom is -0.368 e. The molecule has 0 aromatic carbocycles. The molecule has 0 radical (unpaired) electrons. The van der Waals surface area contributed by atoms with Crippen LogP contribution in [0.4, 0.5) is 0 Å². The van der Waals surface area contributed by atoms with Crippen molar-refractivity contribution < 1.29 is 14.3 Å². The molecule has 3 aliphatic heterocycles. The lowest BCUT2D eigenvalue weighted by atomic mass is 9.93. The molecule has 9 heteroatoms. The zero-order chi connectivity index (χ0) is 22.6. The van der Waals surface area contributed by atoms with Gasteiger partial charge in [-0.25, -0.2) is 9.50 Å². The molecule has 5 heterocycles. The van der Waals surface area contributed by atoms with Crippen molar-refractivity contribution in [2.24, 2.45) is 5.41 Å². The van der Waals surface area contributed by atoms with E-state index in [4.69, 9.17) is 9.72 Å². The van der Waals surface area contributed by atoms with Crippen LogP contribution in [0.5, 0.6) is 0 Å². The fraction of sp³-hybridized carbons (Fsp3) is 0.652. The third kappa shape index (κ3) is 3.52. The van der Waals surface area contributed by atoms with Crippen molar-refractivity contribution in [3.05, 3.63) is 33.4 Å². The summed E-state index contributed by atoms with van der Waals surface area (Å²) in [5.41, 5.74) is 2.10. The molecule has 172 valence electrons. The minimum absolute atomic E-state index is 0.0413. The molecule has 0 bridgehead atoms. The Labute approximate surface area is 186 Å². The number of carbonyl (C=O) groups is 2. The topological polar surface area (TPSA) is 100 Å². The first-order chi connectivity index (χ1) is 15.2. The zero-order valence-corrected chi connectivity index (χ0v) is 19.0. The van der Waals surface area contributed by atoms with E-state index in [-0.39, 0.29) is 29.5 Å². The smallest absolute Gasteiger partial charge is 0.276 e. The molecule has 2 aromatic heterocycles. The van der Waals surface area contributed by atoms with Crippen molar-refractivity contribution in [2.45, 2.75) is 71.6 Å². The Hall–Kier alpha value is -2.68. The highest BCUT2D eigenvalue weighted by atomic mass is 16.5. The normalized spacial score (nSPS) is 23.7. The molecular weight excluding hydrogens is 410 g/mol. The van der Waals surface area contributed by atoms with Gasteiger partial charge >= 0.3 is 0 Å². The maximum atomic E-state index is 13.2. The average molecular weight is 442 g/mol. The van der Waals surface area contributed by atoms with Gasteiger partial charge in [-0.1, -0.05) is 20.8 Å². The van der Waals surface area contributed by atoms with Gasteiger partial charge < -0.3 is 14.5 Å². The molecule has 9 nitrogen and oxygen atoms in total. The van der Waals surface area contributed by atoms with E-state index in [1.165, 1.54) is 4.52 Å². The lowest BCUT2D eigenvalue weighted by Crippen LogP contribution is -2.44. The SMILES string of the molecule is CC(C)(C)C(=O)N1CCc2c(nc3cc([C@@H]4CCCN4C(=O)[C@H]4CCCO4)[nH]n3c2=O)C1. The lowest BCUT2D eigenvalue weighted by molar-refractivity contribution is -0.142. The molecule has 0 spiro atoms. The number of likely N-dealkylation sites (tertiary alicyclic amines) is 1. The maximum absolute atomic E-state index is 13.2. The van der Waals surface area contributed by atoms with Gasteiger partial charge in [0.25, 0.3) is 11.5 Å². The molecule has 0 aliphatic carbocycles. The van der Waals surface area contributed by atoms with Crippen molar-refractivity contribution in [1.82, 2.24) is 24.4 Å². The molecule has 32 heavy (non-hydrogen) atoms. The summed E-state index contributed by atoms with van der Waals surface area (Å²) in [6.45, 7) is 7.92. The monoisotopic (exact) mass is 441 g/mol. The van der Waals surface area contributed by atoms with E-state index >= 15 is 0 Å². The van der Waals surface area contributed by atoms with E-state index in [0.29, 0.717) is 49.6 Å². The number of aromatic nitrogens is 3. The summed E-state index contributed by atoms with van der Waals surface area (Å²) < 4.78 is 7.10. The molecule has 5 rings (SSSR count). The second-order valence-corrected chi connectivity index (χ2v) is 10.2. The highest BCUT2D eigenvalue weighted by molar-refractivity contribution is 5.82. The fourth-order valence-corrected chi connectivity index (χ4v) is 5.14. The molecule has 2 amide bonds. The van der Waals surface area contributed by atoms with Gasteiger partial charge in [-0.3, -0.25) is 19.5 Å². The van der Waals surface area contributed by atoms with Gasteiger partial charge in [0.05, 0.1) is 24.0 Å². The first kappa shape index (κ1) is 21.2. The number of hydrogen-bond donors (Lipinski definition) is 1. The van der Waals surface area contributed by atoms with Crippen LogP contribution >= 0.6 is 0 Å². The first-order valence-corrected chi connectivity index (χ1v) is 11.6. The Kier molecular flexibility index (Phi) is 5.11. The van der Waals surface area contributed by atoms with Crippen LogP contribution in [0, 0.1) is 5.41 Å². The van der Waals surface area contributed by atoms with E-state index in [0.717, 1.165) is 31.4 Å². The predicted octanol–water partition coefficient (Wildman–Crippen LogP) is 1.80. The maximum Gasteiger partial charge on any atom is 0.276 e. The summed E-state index contributed by atoms with van der Waals surface area (Å²) in [4.78, 5) is 47.3. The van der Waals surface area contributed by atoms with E-state index in [9.17, 15) is 14.4 Å². The molecule has 2 saturated heterocycles. The first-order valence-electron chi connectivity index (χ1n) is 11.6. The third-order valence-corrected chi connectivity index (χ3v) is 6.81. The number of hydrogen-bond acceptors (Lipinski definition) is 5. The number of nitrogens with one attached hydrogen (secondary N) is 1.